The number of aromatic amines is 2. The molecule has 12 heteroatoms. The molecule has 3 aromatic heterocycles. The molecule has 0 bridgehead atoms. The number of ether oxygens (including phenoxy) is 1. The van der Waals surface area contributed by atoms with Crippen molar-refractivity contribution >= 4 is 46.2 Å². The summed E-state index contributed by atoms with van der Waals surface area (Å²) in [4.78, 5) is 59.3. The van der Waals surface area contributed by atoms with E-state index in [1.807, 2.05) is 13.0 Å². The van der Waals surface area contributed by atoms with Gasteiger partial charge in [-0.15, -0.1) is 11.3 Å². The first-order valence-electron chi connectivity index (χ1n) is 12.4. The summed E-state index contributed by atoms with van der Waals surface area (Å²) in [5.41, 5.74) is 6.73. The molecule has 1 amide bonds. The summed E-state index contributed by atoms with van der Waals surface area (Å²) < 4.78 is 5.30. The predicted molar refractivity (Wildman–Crippen MR) is 141 cm³/mol. The largest absolute Gasteiger partial charge is 0.481 e. The average molecular weight is 532 g/mol. The number of anilines is 1. The highest BCUT2D eigenvalue weighted by atomic mass is 32.1. The highest BCUT2D eigenvalue weighted by Gasteiger charge is 2.25. The van der Waals surface area contributed by atoms with Gasteiger partial charge in [-0.2, -0.15) is 4.98 Å². The fourth-order valence-corrected chi connectivity index (χ4v) is 4.71. The van der Waals surface area contributed by atoms with Crippen LogP contribution < -0.4 is 16.6 Å². The van der Waals surface area contributed by atoms with Crippen LogP contribution in [0.1, 0.15) is 72.6 Å². The molecule has 2 atom stereocenters. The first kappa shape index (κ1) is 27.9. The lowest BCUT2D eigenvalue weighted by Crippen LogP contribution is -2.42. The lowest BCUT2D eigenvalue weighted by atomic mass is 10.1. The molecule has 3 aromatic rings. The van der Waals surface area contributed by atoms with E-state index in [4.69, 9.17) is 15.6 Å². The van der Waals surface area contributed by atoms with E-state index in [0.717, 1.165) is 42.7 Å². The summed E-state index contributed by atoms with van der Waals surface area (Å²) >= 11 is 1.35. The number of hydrogen-bond acceptors (Lipinski definition) is 8. The Bertz CT molecular complexity index is 1300. The van der Waals surface area contributed by atoms with Gasteiger partial charge in [0.05, 0.1) is 16.4 Å². The second-order valence-corrected chi connectivity index (χ2v) is 10.1. The number of carboxylic acid groups (broad SMARTS) is 1. The van der Waals surface area contributed by atoms with Crippen LogP contribution in [0.2, 0.25) is 0 Å². The molecule has 0 spiro atoms. The van der Waals surface area contributed by atoms with E-state index in [-0.39, 0.29) is 30.5 Å². The Morgan fingerprint density at radius 1 is 1.19 bits per heavy atom. The number of carbonyl (C=O) groups excluding carboxylic acids is 2. The van der Waals surface area contributed by atoms with E-state index in [1.165, 1.54) is 11.3 Å². The van der Waals surface area contributed by atoms with Crippen molar-refractivity contribution in [3.05, 3.63) is 44.0 Å². The molecule has 11 nitrogen and oxygen atoms in total. The van der Waals surface area contributed by atoms with Gasteiger partial charge in [0.1, 0.15) is 11.7 Å². The number of aromatic nitrogens is 3. The topological polar surface area (TPSA) is 180 Å². The highest BCUT2D eigenvalue weighted by Crippen LogP contribution is 2.20. The van der Waals surface area contributed by atoms with Gasteiger partial charge < -0.3 is 25.9 Å². The predicted octanol–water partition coefficient (Wildman–Crippen LogP) is 3.16. The molecule has 200 valence electrons. The number of nitrogens with zero attached hydrogens (tertiary/aromatic N) is 1. The molecule has 0 aliphatic rings. The summed E-state index contributed by atoms with van der Waals surface area (Å²) in [5, 5.41) is 12.1. The smallest absolute Gasteiger partial charge is 0.328 e. The Labute approximate surface area is 217 Å². The second kappa shape index (κ2) is 13.0. The highest BCUT2D eigenvalue weighted by molar-refractivity contribution is 7.14. The quantitative estimate of drug-likeness (QED) is 0.155. The number of aliphatic carboxylic acids is 1. The third-order valence-corrected chi connectivity index (χ3v) is 7.10. The zero-order valence-electron chi connectivity index (χ0n) is 21.0. The van der Waals surface area contributed by atoms with Crippen LogP contribution >= 0.6 is 11.3 Å². The van der Waals surface area contributed by atoms with Crippen LogP contribution in [0.4, 0.5) is 5.95 Å². The van der Waals surface area contributed by atoms with Gasteiger partial charge >= 0.3 is 11.9 Å². The van der Waals surface area contributed by atoms with Crippen LogP contribution in [0.3, 0.4) is 0 Å². The van der Waals surface area contributed by atoms with Gasteiger partial charge in [0.25, 0.3) is 11.5 Å². The van der Waals surface area contributed by atoms with Gasteiger partial charge in [-0.05, 0) is 63.6 Å². The number of H-pyrrole nitrogens is 2. The maximum Gasteiger partial charge on any atom is 0.328 e. The number of unbranched alkanes of at least 4 members (excludes halogenated alkanes) is 2. The Morgan fingerprint density at radius 3 is 2.68 bits per heavy atom. The number of fused-ring (bicyclic) bond motifs is 1. The molecule has 3 heterocycles. The minimum atomic E-state index is -1.05. The summed E-state index contributed by atoms with van der Waals surface area (Å²) in [7, 11) is 0. The SMILES string of the molecule is CCC(C)OC(=O)C(CCC(=O)O)NC(=O)c1ccc(CCCCCc2cc3c(=O)[nH]c(N)nc3[nH]2)s1. The molecule has 0 aliphatic carbocycles. The normalized spacial score (nSPS) is 12.8. The first-order valence-corrected chi connectivity index (χ1v) is 13.2. The molecular formula is C25H33N5O6S. The Hall–Kier alpha value is -3.67. The molecule has 0 radical (unpaired) electrons. The van der Waals surface area contributed by atoms with E-state index in [9.17, 15) is 19.2 Å². The second-order valence-electron chi connectivity index (χ2n) is 8.95. The molecule has 0 saturated heterocycles. The van der Waals surface area contributed by atoms with E-state index >= 15 is 0 Å². The number of esters is 1. The lowest BCUT2D eigenvalue weighted by molar-refractivity contribution is -0.151. The van der Waals surface area contributed by atoms with Gasteiger partial charge in [0.15, 0.2) is 0 Å². The van der Waals surface area contributed by atoms with Crippen molar-refractivity contribution in [2.24, 2.45) is 0 Å². The maximum absolute atomic E-state index is 12.7. The Balaban J connectivity index is 1.47. The van der Waals surface area contributed by atoms with Crippen LogP contribution in [-0.2, 0) is 27.2 Å². The van der Waals surface area contributed by atoms with E-state index in [0.29, 0.717) is 22.3 Å². The van der Waals surface area contributed by atoms with E-state index in [1.54, 1.807) is 19.1 Å². The number of rotatable bonds is 14. The van der Waals surface area contributed by atoms with Crippen molar-refractivity contribution in [2.75, 3.05) is 5.73 Å². The minimum absolute atomic E-state index is 0.0389. The van der Waals surface area contributed by atoms with Gasteiger partial charge in [-0.3, -0.25) is 19.4 Å². The molecule has 6 N–H and O–H groups in total. The fourth-order valence-electron chi connectivity index (χ4n) is 3.76. The van der Waals surface area contributed by atoms with Gasteiger partial charge in [-0.1, -0.05) is 13.3 Å². The molecular weight excluding hydrogens is 498 g/mol. The molecule has 3 rings (SSSR count). The number of aryl methyl sites for hydroxylation is 2. The van der Waals surface area contributed by atoms with Crippen molar-refractivity contribution in [3.8, 4) is 0 Å². The number of thiophene rings is 1. The third kappa shape index (κ3) is 8.17. The van der Waals surface area contributed by atoms with Crippen LogP contribution in [0.15, 0.2) is 23.0 Å². The number of nitrogens with two attached hydrogens (primary N) is 1. The number of nitrogen functional groups attached to an aromatic ring is 1. The molecule has 0 aromatic carbocycles. The third-order valence-electron chi connectivity index (χ3n) is 5.95. The molecule has 2 unspecified atom stereocenters. The van der Waals surface area contributed by atoms with Crippen molar-refractivity contribution < 1.29 is 24.2 Å². The average Bonchev–Trinajstić information content (AvgIpc) is 3.48. The number of carbonyl (C=O) groups is 3. The van der Waals surface area contributed by atoms with Crippen molar-refractivity contribution in [1.82, 2.24) is 20.3 Å². The zero-order chi connectivity index (χ0) is 26.9. The zero-order valence-corrected chi connectivity index (χ0v) is 21.8. The fraction of sp³-hybridized carbons (Fsp3) is 0.480. The maximum atomic E-state index is 12.7. The molecule has 37 heavy (non-hydrogen) atoms. The lowest BCUT2D eigenvalue weighted by Gasteiger charge is -2.19. The Morgan fingerprint density at radius 2 is 1.95 bits per heavy atom. The van der Waals surface area contributed by atoms with E-state index < -0.39 is 23.9 Å². The standard InChI is InChI=1S/C25H33N5O6S/c1-3-14(2)36-24(35)18(10-12-20(31)32)28-23(34)19-11-9-16(37-19)8-6-4-5-7-15-13-17-21(27-15)29-25(26)30-22(17)33/h9,11,13-14,18H,3-8,10,12H2,1-2H3,(H,28,34)(H,31,32)(H4,26,27,29,30,33). The first-order chi connectivity index (χ1) is 17.7. The van der Waals surface area contributed by atoms with Gasteiger partial charge in [-0.25, -0.2) is 4.79 Å². The van der Waals surface area contributed by atoms with Gasteiger partial charge in [0, 0.05) is 17.0 Å². The number of hydrogen-bond donors (Lipinski definition) is 5. The van der Waals surface area contributed by atoms with Crippen LogP contribution in [-0.4, -0.2) is 50.1 Å². The van der Waals surface area contributed by atoms with Crippen LogP contribution in [0, 0.1) is 0 Å². The summed E-state index contributed by atoms with van der Waals surface area (Å²) in [5.74, 6) is -2.01. The summed E-state index contributed by atoms with van der Waals surface area (Å²) in [6, 6.07) is 4.39. The molecule has 0 saturated carbocycles. The Kier molecular flexibility index (Phi) is 9.84. The monoisotopic (exact) mass is 531 g/mol. The van der Waals surface area contributed by atoms with Crippen molar-refractivity contribution in [1.29, 1.82) is 0 Å². The van der Waals surface area contributed by atoms with E-state index in [2.05, 4.69) is 20.3 Å². The molecule has 0 aliphatic heterocycles. The van der Waals surface area contributed by atoms with Crippen LogP contribution in [0.5, 0.6) is 0 Å². The van der Waals surface area contributed by atoms with Crippen LogP contribution in [0.25, 0.3) is 11.0 Å². The number of carboxylic acids is 1. The van der Waals surface area contributed by atoms with Crippen molar-refractivity contribution in [2.45, 2.75) is 77.4 Å². The number of nitrogens with one attached hydrogen (secondary N) is 3. The molecule has 0 fully saturated rings. The van der Waals surface area contributed by atoms with Crippen molar-refractivity contribution in [3.63, 3.8) is 0 Å². The summed E-state index contributed by atoms with van der Waals surface area (Å²) in [6.45, 7) is 3.61. The van der Waals surface area contributed by atoms with Gasteiger partial charge in [0.2, 0.25) is 5.95 Å². The summed E-state index contributed by atoms with van der Waals surface area (Å²) in [6.07, 6.45) is 4.39. The minimum Gasteiger partial charge on any atom is -0.481 e. The number of amides is 1.